The van der Waals surface area contributed by atoms with Crippen molar-refractivity contribution >= 4 is 16.9 Å². The van der Waals surface area contributed by atoms with Gasteiger partial charge in [-0.15, -0.1) is 0 Å². The summed E-state index contributed by atoms with van der Waals surface area (Å²) in [5, 5.41) is 21.3. The van der Waals surface area contributed by atoms with Crippen molar-refractivity contribution in [3.05, 3.63) is 65.4 Å². The first kappa shape index (κ1) is 18.7. The summed E-state index contributed by atoms with van der Waals surface area (Å²) in [5.74, 6) is 0.211. The Bertz CT molecular complexity index is 1010. The number of rotatable bonds is 6. The van der Waals surface area contributed by atoms with Crippen LogP contribution < -0.4 is 10.5 Å². The highest BCUT2D eigenvalue weighted by Gasteiger charge is 2.36. The summed E-state index contributed by atoms with van der Waals surface area (Å²) in [5.41, 5.74) is 9.13. The molecule has 0 bridgehead atoms. The van der Waals surface area contributed by atoms with Crippen LogP contribution in [-0.4, -0.2) is 27.0 Å². The van der Waals surface area contributed by atoms with Crippen LogP contribution >= 0.6 is 0 Å². The Hall–Kier alpha value is -2.67. The summed E-state index contributed by atoms with van der Waals surface area (Å²) < 4.78 is 7.58. The average Bonchev–Trinajstić information content (AvgIpc) is 3.45. The van der Waals surface area contributed by atoms with E-state index in [4.69, 9.17) is 10.5 Å². The number of aliphatic hydroxyl groups excluding tert-OH is 2. The number of hydrogen-bond donors (Lipinski definition) is 3. The molecule has 4 N–H and O–H groups in total. The number of carbonyl (C=O) groups is 1. The average molecular weight is 380 g/mol. The molecule has 1 fully saturated rings. The second-order valence-electron chi connectivity index (χ2n) is 7.32. The highest BCUT2D eigenvalue weighted by molar-refractivity contribution is 5.93. The molecule has 6 nitrogen and oxygen atoms in total. The topological polar surface area (TPSA) is 97.7 Å². The Kier molecular flexibility index (Phi) is 4.93. The monoisotopic (exact) mass is 380 g/mol. The van der Waals surface area contributed by atoms with Crippen LogP contribution in [0.2, 0.25) is 0 Å². The maximum atomic E-state index is 11.6. The number of ether oxygens (including phenoxy) is 1. The number of nitrogens with two attached hydrogens (primary N) is 1. The molecule has 2 atom stereocenters. The molecule has 2 unspecified atom stereocenters. The van der Waals surface area contributed by atoms with Gasteiger partial charge >= 0.3 is 5.97 Å². The van der Waals surface area contributed by atoms with Crippen LogP contribution in [-0.2, 0) is 11.3 Å². The molecule has 4 rings (SSSR count). The SMILES string of the molecule is CC(=O)Oc1cccc2c1c(C(O)C(N)O)c(C1CC1)n2Cc1ccccc1. The predicted molar refractivity (Wildman–Crippen MR) is 106 cm³/mol. The lowest BCUT2D eigenvalue weighted by atomic mass is 10.0. The third-order valence-electron chi connectivity index (χ3n) is 5.15. The highest BCUT2D eigenvalue weighted by atomic mass is 16.5. The van der Waals surface area contributed by atoms with Crippen LogP contribution in [0.5, 0.6) is 5.75 Å². The zero-order chi connectivity index (χ0) is 19.8. The molecule has 0 radical (unpaired) electrons. The lowest BCUT2D eigenvalue weighted by Crippen LogP contribution is -2.28. The van der Waals surface area contributed by atoms with E-state index < -0.39 is 18.3 Å². The van der Waals surface area contributed by atoms with Crippen LogP contribution in [0.3, 0.4) is 0 Å². The summed E-state index contributed by atoms with van der Waals surface area (Å²) in [4.78, 5) is 11.6. The van der Waals surface area contributed by atoms with Gasteiger partial charge in [-0.05, 0) is 36.5 Å². The van der Waals surface area contributed by atoms with E-state index >= 15 is 0 Å². The molecular weight excluding hydrogens is 356 g/mol. The van der Waals surface area contributed by atoms with Crippen LogP contribution in [0.4, 0.5) is 0 Å². The van der Waals surface area contributed by atoms with Crippen molar-refractivity contribution in [1.29, 1.82) is 0 Å². The number of nitrogens with zero attached hydrogens (tertiary/aromatic N) is 1. The van der Waals surface area contributed by atoms with Crippen molar-refractivity contribution in [1.82, 2.24) is 4.57 Å². The van der Waals surface area contributed by atoms with Gasteiger partial charge in [0.2, 0.25) is 0 Å². The molecule has 0 spiro atoms. The van der Waals surface area contributed by atoms with Crippen molar-refractivity contribution in [2.45, 2.75) is 44.6 Å². The molecule has 1 aromatic heterocycles. The molecular formula is C22H24N2O4. The fraction of sp³-hybridized carbons (Fsp3) is 0.318. The number of hydrogen-bond acceptors (Lipinski definition) is 5. The molecule has 0 saturated heterocycles. The van der Waals surface area contributed by atoms with Gasteiger partial charge < -0.3 is 25.3 Å². The molecule has 1 aliphatic rings. The third-order valence-corrected chi connectivity index (χ3v) is 5.15. The molecule has 0 amide bonds. The standard InChI is InChI=1S/C22H24N2O4/c1-13(25)28-17-9-5-8-16-18(17)19(21(26)22(23)27)20(15-10-11-15)24(16)12-14-6-3-2-4-7-14/h2-9,15,21-22,26-27H,10-12,23H2,1H3. The summed E-state index contributed by atoms with van der Waals surface area (Å²) in [7, 11) is 0. The first-order chi connectivity index (χ1) is 13.5. The normalized spacial score (nSPS) is 16.1. The minimum Gasteiger partial charge on any atom is -0.426 e. The van der Waals surface area contributed by atoms with Gasteiger partial charge in [-0.1, -0.05) is 36.4 Å². The Labute approximate surface area is 163 Å². The number of fused-ring (bicyclic) bond motifs is 1. The Morgan fingerprint density at radius 3 is 2.50 bits per heavy atom. The van der Waals surface area contributed by atoms with E-state index in [-0.39, 0.29) is 5.92 Å². The largest absolute Gasteiger partial charge is 0.426 e. The van der Waals surface area contributed by atoms with Crippen molar-refractivity contribution in [3.63, 3.8) is 0 Å². The summed E-state index contributed by atoms with van der Waals surface area (Å²) >= 11 is 0. The number of carbonyl (C=O) groups excluding carboxylic acids is 1. The first-order valence-electron chi connectivity index (χ1n) is 9.46. The van der Waals surface area contributed by atoms with E-state index in [2.05, 4.69) is 4.57 Å². The van der Waals surface area contributed by atoms with E-state index in [0.29, 0.717) is 23.2 Å². The van der Waals surface area contributed by atoms with Crippen molar-refractivity contribution < 1.29 is 19.7 Å². The predicted octanol–water partition coefficient (Wildman–Crippen LogP) is 2.80. The zero-order valence-corrected chi connectivity index (χ0v) is 15.7. The smallest absolute Gasteiger partial charge is 0.308 e. The van der Waals surface area contributed by atoms with Crippen molar-refractivity contribution in [2.24, 2.45) is 5.73 Å². The molecule has 0 aliphatic heterocycles. The minimum absolute atomic E-state index is 0.282. The quantitative estimate of drug-likeness (QED) is 0.347. The van der Waals surface area contributed by atoms with Crippen LogP contribution in [0.15, 0.2) is 48.5 Å². The lowest BCUT2D eigenvalue weighted by Gasteiger charge is -2.17. The Morgan fingerprint density at radius 1 is 1.18 bits per heavy atom. The number of aliphatic hydroxyl groups is 2. The Morgan fingerprint density at radius 2 is 1.89 bits per heavy atom. The fourth-order valence-corrected chi connectivity index (χ4v) is 3.86. The third kappa shape index (κ3) is 3.42. The van der Waals surface area contributed by atoms with E-state index in [1.807, 2.05) is 42.5 Å². The highest BCUT2D eigenvalue weighted by Crippen LogP contribution is 2.49. The van der Waals surface area contributed by atoms with Gasteiger partial charge in [-0.3, -0.25) is 4.79 Å². The molecule has 1 saturated carbocycles. The van der Waals surface area contributed by atoms with Gasteiger partial charge in [0, 0.05) is 30.1 Å². The molecule has 2 aromatic carbocycles. The van der Waals surface area contributed by atoms with Gasteiger partial charge in [0.25, 0.3) is 0 Å². The first-order valence-corrected chi connectivity index (χ1v) is 9.46. The minimum atomic E-state index is -1.43. The van der Waals surface area contributed by atoms with Gasteiger partial charge in [-0.2, -0.15) is 0 Å². The number of esters is 1. The lowest BCUT2D eigenvalue weighted by molar-refractivity contribution is -0.131. The zero-order valence-electron chi connectivity index (χ0n) is 15.7. The van der Waals surface area contributed by atoms with E-state index in [1.165, 1.54) is 6.92 Å². The second-order valence-corrected chi connectivity index (χ2v) is 7.32. The van der Waals surface area contributed by atoms with E-state index in [9.17, 15) is 15.0 Å². The van der Waals surface area contributed by atoms with Gasteiger partial charge in [0.1, 0.15) is 18.1 Å². The maximum Gasteiger partial charge on any atom is 0.308 e. The number of benzene rings is 2. The van der Waals surface area contributed by atoms with Crippen LogP contribution in [0, 0.1) is 0 Å². The molecule has 3 aromatic rings. The summed E-state index contributed by atoms with van der Waals surface area (Å²) in [6.45, 7) is 1.95. The van der Waals surface area contributed by atoms with Gasteiger partial charge in [-0.25, -0.2) is 0 Å². The Balaban J connectivity index is 1.99. The fourth-order valence-electron chi connectivity index (χ4n) is 3.86. The van der Waals surface area contributed by atoms with Gasteiger partial charge in [0.15, 0.2) is 0 Å². The van der Waals surface area contributed by atoms with Crippen molar-refractivity contribution in [3.8, 4) is 5.75 Å². The van der Waals surface area contributed by atoms with Crippen molar-refractivity contribution in [2.75, 3.05) is 0 Å². The summed E-state index contributed by atoms with van der Waals surface area (Å²) in [6, 6.07) is 15.5. The molecule has 6 heteroatoms. The molecule has 28 heavy (non-hydrogen) atoms. The molecule has 1 heterocycles. The summed E-state index contributed by atoms with van der Waals surface area (Å²) in [6.07, 6.45) is -0.687. The van der Waals surface area contributed by atoms with E-state index in [0.717, 1.165) is 29.6 Å². The maximum absolute atomic E-state index is 11.6. The molecule has 1 aliphatic carbocycles. The van der Waals surface area contributed by atoms with Crippen LogP contribution in [0.1, 0.15) is 48.6 Å². The molecule has 146 valence electrons. The number of aromatic nitrogens is 1. The van der Waals surface area contributed by atoms with Gasteiger partial charge in [0.05, 0.1) is 5.52 Å². The van der Waals surface area contributed by atoms with Crippen LogP contribution in [0.25, 0.3) is 10.9 Å². The second kappa shape index (κ2) is 7.39. The van der Waals surface area contributed by atoms with E-state index in [1.54, 1.807) is 6.07 Å².